The zero-order chi connectivity index (χ0) is 20.6. The van der Waals surface area contributed by atoms with Gasteiger partial charge in [0, 0.05) is 41.6 Å². The van der Waals surface area contributed by atoms with E-state index < -0.39 is 5.97 Å². The molecule has 0 aromatic heterocycles. The normalized spacial score (nSPS) is 32.8. The molecule has 3 aliphatic heterocycles. The first kappa shape index (κ1) is 20.9. The van der Waals surface area contributed by atoms with Crippen LogP contribution in [0.1, 0.15) is 33.6 Å². The monoisotopic (exact) mass is 409 g/mol. The summed E-state index contributed by atoms with van der Waals surface area (Å²) < 4.78 is 0. The van der Waals surface area contributed by atoms with Gasteiger partial charge in [-0.2, -0.15) is 0 Å². The van der Waals surface area contributed by atoms with Crippen molar-refractivity contribution in [2.75, 3.05) is 13.1 Å². The molecule has 2 saturated heterocycles. The van der Waals surface area contributed by atoms with Crippen molar-refractivity contribution in [2.45, 2.75) is 50.9 Å². The van der Waals surface area contributed by atoms with Gasteiger partial charge in [-0.1, -0.05) is 13.8 Å². The number of aliphatic carboxylic acids is 1. The van der Waals surface area contributed by atoms with E-state index in [2.05, 4.69) is 10.6 Å². The van der Waals surface area contributed by atoms with E-state index in [0.717, 1.165) is 17.9 Å². The van der Waals surface area contributed by atoms with E-state index in [1.807, 2.05) is 13.8 Å². The summed E-state index contributed by atoms with van der Waals surface area (Å²) in [7, 11) is 0. The predicted molar refractivity (Wildman–Crippen MR) is 104 cm³/mol. The van der Waals surface area contributed by atoms with Gasteiger partial charge in [0.1, 0.15) is 11.5 Å². The molecule has 3 rings (SSSR count). The number of fused-ring (bicyclic) bond motifs is 1. The first-order valence-electron chi connectivity index (χ1n) is 9.63. The maximum Gasteiger partial charge on any atom is 0.353 e. The van der Waals surface area contributed by atoms with Crippen LogP contribution in [0.4, 0.5) is 0 Å². The maximum absolute atomic E-state index is 12.7. The fourth-order valence-electron chi connectivity index (χ4n) is 4.74. The molecule has 2 amide bonds. The van der Waals surface area contributed by atoms with Crippen LogP contribution in [-0.4, -0.2) is 64.5 Å². The van der Waals surface area contributed by atoms with Gasteiger partial charge in [0.25, 0.3) is 0 Å². The number of ketones is 1. The van der Waals surface area contributed by atoms with Gasteiger partial charge < -0.3 is 25.4 Å². The zero-order valence-electron chi connectivity index (χ0n) is 16.3. The maximum atomic E-state index is 12.7. The number of Topliss-reactive ketones (excluding diaryl/α,β-unsaturated/α-hetero) is 1. The average Bonchev–Trinajstić information content (AvgIpc) is 3.15. The van der Waals surface area contributed by atoms with Crippen molar-refractivity contribution in [3.05, 3.63) is 10.6 Å². The molecule has 0 bridgehead atoms. The molecule has 0 spiro atoms. The fourth-order valence-corrected chi connectivity index (χ4v) is 6.26. The summed E-state index contributed by atoms with van der Waals surface area (Å²) in [6.07, 6.45) is 1.82. The van der Waals surface area contributed by atoms with Crippen LogP contribution < -0.4 is 10.6 Å². The second-order valence-electron chi connectivity index (χ2n) is 8.02. The van der Waals surface area contributed by atoms with Gasteiger partial charge in [0.15, 0.2) is 0 Å². The lowest BCUT2D eigenvalue weighted by molar-refractivity contribution is -0.160. The number of carboxylic acid groups (broad SMARTS) is 1. The van der Waals surface area contributed by atoms with Gasteiger partial charge in [-0.05, 0) is 19.3 Å². The van der Waals surface area contributed by atoms with Gasteiger partial charge in [-0.3, -0.25) is 9.59 Å². The smallest absolute Gasteiger partial charge is 0.353 e. The van der Waals surface area contributed by atoms with Crippen molar-refractivity contribution in [3.8, 4) is 0 Å². The van der Waals surface area contributed by atoms with Crippen molar-refractivity contribution in [3.63, 3.8) is 0 Å². The first-order chi connectivity index (χ1) is 13.3. The minimum absolute atomic E-state index is 0.0393. The average molecular weight is 410 g/mol. The zero-order valence-corrected chi connectivity index (χ0v) is 17.1. The molecule has 0 unspecified atom stereocenters. The molecule has 3 N–H and O–H groups in total. The Hall–Kier alpha value is -1.87. The van der Waals surface area contributed by atoms with Crippen LogP contribution in [0.2, 0.25) is 0 Å². The highest BCUT2D eigenvalue weighted by molar-refractivity contribution is 8.03. The molecule has 28 heavy (non-hydrogen) atoms. The van der Waals surface area contributed by atoms with Crippen molar-refractivity contribution in [2.24, 2.45) is 17.8 Å². The van der Waals surface area contributed by atoms with Gasteiger partial charge in [0.05, 0.1) is 12.0 Å². The number of carbonyl (C=O) groups is 4. The Balaban J connectivity index is 1.74. The summed E-state index contributed by atoms with van der Waals surface area (Å²) >= 11 is 1.53. The highest BCUT2D eigenvalue weighted by Gasteiger charge is 2.60. The van der Waals surface area contributed by atoms with Crippen LogP contribution in [0.25, 0.3) is 0 Å². The minimum Gasteiger partial charge on any atom is -0.477 e. The number of carbonyl (C=O) groups excluding carboxylic acids is 3. The van der Waals surface area contributed by atoms with Crippen molar-refractivity contribution < 1.29 is 24.3 Å². The molecule has 3 aliphatic rings. The van der Waals surface area contributed by atoms with E-state index in [9.17, 15) is 24.3 Å². The van der Waals surface area contributed by atoms with Crippen molar-refractivity contribution >= 4 is 35.8 Å². The van der Waals surface area contributed by atoms with Crippen LogP contribution in [0.3, 0.4) is 0 Å². The van der Waals surface area contributed by atoms with Gasteiger partial charge in [-0.15, -0.1) is 11.8 Å². The first-order valence-corrected chi connectivity index (χ1v) is 10.5. The third kappa shape index (κ3) is 3.69. The van der Waals surface area contributed by atoms with Gasteiger partial charge >= 0.3 is 5.97 Å². The number of carboxylic acids is 1. The van der Waals surface area contributed by atoms with E-state index >= 15 is 0 Å². The number of nitrogens with zero attached hydrogens (tertiary/aromatic N) is 1. The summed E-state index contributed by atoms with van der Waals surface area (Å²) in [6.45, 7) is 6.65. The Bertz CT molecular complexity index is 724. The summed E-state index contributed by atoms with van der Waals surface area (Å²) in [5.74, 6) is -1.69. The molecular formula is C19H27N3O5S. The molecule has 154 valence electrons. The topological polar surface area (TPSA) is 116 Å². The molecule has 0 aromatic rings. The van der Waals surface area contributed by atoms with Crippen LogP contribution >= 0.6 is 11.8 Å². The lowest BCUT2D eigenvalue weighted by atomic mass is 9.73. The molecule has 6 atom stereocenters. The number of hydrogen-bond acceptors (Lipinski definition) is 6. The summed E-state index contributed by atoms with van der Waals surface area (Å²) in [6, 6.07) is -0.0207. The molecule has 9 heteroatoms. The van der Waals surface area contributed by atoms with Crippen LogP contribution in [0, 0.1) is 17.8 Å². The third-order valence-corrected chi connectivity index (χ3v) is 7.45. The molecule has 0 radical (unpaired) electrons. The van der Waals surface area contributed by atoms with E-state index in [1.54, 1.807) is 0 Å². The van der Waals surface area contributed by atoms with Crippen LogP contribution in [-0.2, 0) is 19.2 Å². The summed E-state index contributed by atoms with van der Waals surface area (Å²) in [5, 5.41) is 16.0. The lowest BCUT2D eigenvalue weighted by Gasteiger charge is -2.47. The number of β-lactam (4-membered cyclic amide) rings is 1. The van der Waals surface area contributed by atoms with Crippen LogP contribution in [0.5, 0.6) is 0 Å². The van der Waals surface area contributed by atoms with Crippen molar-refractivity contribution in [1.29, 1.82) is 0 Å². The fraction of sp³-hybridized carbons (Fsp3) is 0.684. The number of nitrogens with one attached hydrogen (secondary N) is 2. The number of hydrogen-bond donors (Lipinski definition) is 3. The lowest BCUT2D eigenvalue weighted by Crippen LogP contribution is -2.62. The quantitative estimate of drug-likeness (QED) is 0.377. The van der Waals surface area contributed by atoms with Gasteiger partial charge in [0.2, 0.25) is 12.3 Å². The molecule has 8 nitrogen and oxygen atoms in total. The Labute approximate surface area is 168 Å². The summed E-state index contributed by atoms with van der Waals surface area (Å²) in [5.41, 5.74) is 0.105. The molecule has 3 heterocycles. The number of rotatable bonds is 9. The molecule has 0 aromatic carbocycles. The van der Waals surface area contributed by atoms with E-state index in [1.165, 1.54) is 23.6 Å². The van der Waals surface area contributed by atoms with E-state index in [-0.39, 0.29) is 52.5 Å². The number of thioether (sulfide) groups is 1. The Morgan fingerprint density at radius 1 is 1.46 bits per heavy atom. The second kappa shape index (κ2) is 8.24. The molecule has 0 saturated carbocycles. The Kier molecular flexibility index (Phi) is 6.14. The summed E-state index contributed by atoms with van der Waals surface area (Å²) in [4.78, 5) is 48.8. The highest BCUT2D eigenvalue weighted by Crippen LogP contribution is 2.53. The Morgan fingerprint density at radius 2 is 2.18 bits per heavy atom. The largest absolute Gasteiger partial charge is 0.477 e. The molecular weight excluding hydrogens is 382 g/mol. The van der Waals surface area contributed by atoms with Crippen molar-refractivity contribution in [1.82, 2.24) is 15.5 Å². The highest BCUT2D eigenvalue weighted by atomic mass is 32.2. The molecule has 0 aliphatic carbocycles. The predicted octanol–water partition coefficient (Wildman–Crippen LogP) is 0.584. The standard InChI is InChI=1S/C19H27N3O5S/c1-9(4-10(2)24)14-15-11(3)17(16(19(26)27)22(15)18(14)25)28-13-5-12(21-7-13)6-20-8-23/h8-9,11-15,21H,4-7H2,1-3H3,(H,20,23)(H,26,27)/t9-,11+,12-,13-,14+,15-/m0/s1. The molecule has 2 fully saturated rings. The van der Waals surface area contributed by atoms with E-state index in [4.69, 9.17) is 0 Å². The Morgan fingerprint density at radius 3 is 2.79 bits per heavy atom. The van der Waals surface area contributed by atoms with Crippen LogP contribution in [0.15, 0.2) is 10.6 Å². The van der Waals surface area contributed by atoms with Gasteiger partial charge in [-0.25, -0.2) is 4.79 Å². The third-order valence-electron chi connectivity index (χ3n) is 5.94. The second-order valence-corrected chi connectivity index (χ2v) is 9.36. The minimum atomic E-state index is -1.08. The van der Waals surface area contributed by atoms with E-state index in [0.29, 0.717) is 19.4 Å². The SMILES string of the molecule is CC(=O)C[C@H](C)[C@H]1C(=O)N2C(C(=O)O)=C(S[C@@H]3CN[C@H](CNC=O)C3)[C@H](C)[C@@H]12. The number of amides is 2.